The van der Waals surface area contributed by atoms with Gasteiger partial charge in [-0.1, -0.05) is 18.2 Å². The summed E-state index contributed by atoms with van der Waals surface area (Å²) in [4.78, 5) is 40.7. The van der Waals surface area contributed by atoms with Gasteiger partial charge in [0.1, 0.15) is 28.7 Å². The molecular formula is C29H31N7O3. The summed E-state index contributed by atoms with van der Waals surface area (Å²) < 4.78 is 7.13. The lowest BCUT2D eigenvalue weighted by atomic mass is 9.90. The van der Waals surface area contributed by atoms with E-state index in [-0.39, 0.29) is 17.2 Å². The lowest BCUT2D eigenvalue weighted by molar-refractivity contribution is -0.133. The van der Waals surface area contributed by atoms with Gasteiger partial charge in [-0.3, -0.25) is 14.0 Å². The second kappa shape index (κ2) is 10.1. The van der Waals surface area contributed by atoms with Crippen LogP contribution in [0.25, 0.3) is 16.8 Å². The summed E-state index contributed by atoms with van der Waals surface area (Å²) in [6, 6.07) is 12.7. The van der Waals surface area contributed by atoms with Gasteiger partial charge in [0.2, 0.25) is 5.91 Å². The highest BCUT2D eigenvalue weighted by atomic mass is 16.5. The van der Waals surface area contributed by atoms with E-state index < -0.39 is 0 Å². The lowest BCUT2D eigenvalue weighted by Crippen LogP contribution is -2.39. The number of nitrogens with two attached hydrogens (primary N) is 1. The van der Waals surface area contributed by atoms with E-state index in [2.05, 4.69) is 19.7 Å². The molecule has 0 bridgehead atoms. The Morgan fingerprint density at radius 2 is 1.90 bits per heavy atom. The van der Waals surface area contributed by atoms with Crippen LogP contribution < -0.4 is 11.1 Å². The highest BCUT2D eigenvalue weighted by molar-refractivity contribution is 6.04. The maximum absolute atomic E-state index is 12.7. The van der Waals surface area contributed by atoms with Gasteiger partial charge in [0.05, 0.1) is 13.0 Å². The molecule has 1 saturated heterocycles. The highest BCUT2D eigenvalue weighted by Crippen LogP contribution is 2.64. The van der Waals surface area contributed by atoms with Crippen LogP contribution in [0, 0.1) is 5.41 Å². The number of imidazole rings is 1. The number of piperidine rings is 1. The summed E-state index contributed by atoms with van der Waals surface area (Å²) in [6.07, 6.45) is 8.64. The smallest absolute Gasteiger partial charge is 0.256 e. The number of carbonyl (C=O) groups excluding carboxylic acids is 2. The van der Waals surface area contributed by atoms with Gasteiger partial charge in [0, 0.05) is 55.8 Å². The summed E-state index contributed by atoms with van der Waals surface area (Å²) in [5.74, 6) is 2.11. The van der Waals surface area contributed by atoms with E-state index in [9.17, 15) is 9.59 Å². The molecule has 4 aromatic rings. The first kappa shape index (κ1) is 25.0. The van der Waals surface area contributed by atoms with Gasteiger partial charge in [-0.05, 0) is 48.9 Å². The minimum Gasteiger partial charge on any atom is -0.384 e. The standard InChI is InChI=1S/C29H31N7O3/c1-39-17-9-23(37)35-14-10-29(11-15-35)18-21(29)27-34-24(25-26(30)32-13-16-36(25)27)19-5-7-20(8-6-19)28(38)33-22-4-2-3-12-31-22/h2-8,12-13,16,21H,9-11,14-15,17-18H2,1H3,(H2,30,32)(H,31,33,38). The molecule has 2 aliphatic rings. The van der Waals surface area contributed by atoms with Crippen LogP contribution in [0.5, 0.6) is 0 Å². The minimum absolute atomic E-state index is 0.155. The number of nitrogens with one attached hydrogen (secondary N) is 1. The number of amides is 2. The number of carbonyl (C=O) groups is 2. The average Bonchev–Trinajstić information content (AvgIpc) is 3.50. The number of pyridine rings is 1. The molecule has 1 aliphatic carbocycles. The largest absolute Gasteiger partial charge is 0.384 e. The lowest BCUT2D eigenvalue weighted by Gasteiger charge is -2.33. The highest BCUT2D eigenvalue weighted by Gasteiger charge is 2.57. The van der Waals surface area contributed by atoms with Gasteiger partial charge in [-0.15, -0.1) is 0 Å². The van der Waals surface area contributed by atoms with Crippen LogP contribution >= 0.6 is 0 Å². The molecule has 1 saturated carbocycles. The zero-order chi connectivity index (χ0) is 27.0. The maximum Gasteiger partial charge on any atom is 0.256 e. The predicted octanol–water partition coefficient (Wildman–Crippen LogP) is 3.76. The molecule has 4 heterocycles. The van der Waals surface area contributed by atoms with Crippen molar-refractivity contribution in [2.45, 2.75) is 31.6 Å². The number of nitrogens with zero attached hydrogens (tertiary/aromatic N) is 5. The second-order valence-corrected chi connectivity index (χ2v) is 10.3. The van der Waals surface area contributed by atoms with E-state index >= 15 is 0 Å². The third kappa shape index (κ3) is 4.72. The quantitative estimate of drug-likeness (QED) is 0.376. The number of anilines is 2. The Hall–Kier alpha value is -4.31. The number of fused-ring (bicyclic) bond motifs is 1. The number of nitrogen functional groups attached to an aromatic ring is 1. The first-order chi connectivity index (χ1) is 19.0. The fourth-order valence-electron chi connectivity index (χ4n) is 5.75. The number of hydrogen-bond acceptors (Lipinski definition) is 7. The number of benzene rings is 1. The first-order valence-corrected chi connectivity index (χ1v) is 13.2. The summed E-state index contributed by atoms with van der Waals surface area (Å²) in [5.41, 5.74) is 9.42. The van der Waals surface area contributed by atoms with E-state index in [4.69, 9.17) is 15.5 Å². The molecule has 2 amide bonds. The van der Waals surface area contributed by atoms with Gasteiger partial charge in [-0.25, -0.2) is 15.0 Å². The normalized spacial score (nSPS) is 17.9. The Morgan fingerprint density at radius 3 is 2.62 bits per heavy atom. The molecule has 3 N–H and O–H groups in total. The van der Waals surface area contributed by atoms with Crippen molar-refractivity contribution < 1.29 is 14.3 Å². The molecule has 3 aromatic heterocycles. The maximum atomic E-state index is 12.7. The van der Waals surface area contributed by atoms with Crippen molar-refractivity contribution in [3.8, 4) is 11.3 Å². The summed E-state index contributed by atoms with van der Waals surface area (Å²) in [5, 5.41) is 2.81. The molecule has 1 unspecified atom stereocenters. The Morgan fingerprint density at radius 1 is 1.10 bits per heavy atom. The molecule has 6 rings (SSSR count). The average molecular weight is 526 g/mol. The molecule has 10 heteroatoms. The van der Waals surface area contributed by atoms with Gasteiger partial charge in [-0.2, -0.15) is 0 Å². The molecule has 1 spiro atoms. The van der Waals surface area contributed by atoms with Gasteiger partial charge >= 0.3 is 0 Å². The molecule has 2 fully saturated rings. The van der Waals surface area contributed by atoms with Crippen LogP contribution in [0.1, 0.15) is 47.8 Å². The number of hydrogen-bond donors (Lipinski definition) is 2. The molecule has 1 atom stereocenters. The monoisotopic (exact) mass is 525 g/mol. The zero-order valence-corrected chi connectivity index (χ0v) is 21.8. The predicted molar refractivity (Wildman–Crippen MR) is 147 cm³/mol. The van der Waals surface area contributed by atoms with Crippen molar-refractivity contribution in [3.63, 3.8) is 0 Å². The van der Waals surface area contributed by atoms with Crippen molar-refractivity contribution in [2.75, 3.05) is 37.9 Å². The SMILES string of the molecule is COCCC(=O)N1CCC2(CC1)CC2c1nc(-c2ccc(C(=O)Nc3ccccn3)cc2)c2c(N)nccn12. The van der Waals surface area contributed by atoms with Crippen LogP contribution in [0.2, 0.25) is 0 Å². The van der Waals surface area contributed by atoms with Gasteiger partial charge < -0.3 is 20.7 Å². The second-order valence-electron chi connectivity index (χ2n) is 10.3. The number of methoxy groups -OCH3 is 1. The van der Waals surface area contributed by atoms with E-state index in [0.717, 1.165) is 55.0 Å². The fourth-order valence-corrected chi connectivity index (χ4v) is 5.75. The van der Waals surface area contributed by atoms with Gasteiger partial charge in [0.15, 0.2) is 0 Å². The van der Waals surface area contributed by atoms with Crippen molar-refractivity contribution in [2.24, 2.45) is 5.41 Å². The Kier molecular flexibility index (Phi) is 6.48. The van der Waals surface area contributed by atoms with Crippen molar-refractivity contribution in [1.29, 1.82) is 0 Å². The number of ether oxygens (including phenoxy) is 1. The Bertz CT molecular complexity index is 1510. The molecule has 1 aromatic carbocycles. The molecule has 39 heavy (non-hydrogen) atoms. The van der Waals surface area contributed by atoms with Crippen LogP contribution in [-0.2, 0) is 9.53 Å². The molecular weight excluding hydrogens is 494 g/mol. The van der Waals surface area contributed by atoms with Crippen LogP contribution in [0.15, 0.2) is 61.1 Å². The molecule has 0 radical (unpaired) electrons. The van der Waals surface area contributed by atoms with Crippen molar-refractivity contribution in [1.82, 2.24) is 24.3 Å². The summed E-state index contributed by atoms with van der Waals surface area (Å²) >= 11 is 0. The van der Waals surface area contributed by atoms with E-state index in [1.807, 2.05) is 29.3 Å². The van der Waals surface area contributed by atoms with Crippen LogP contribution in [0.4, 0.5) is 11.6 Å². The summed E-state index contributed by atoms with van der Waals surface area (Å²) in [6.45, 7) is 1.99. The third-order valence-corrected chi connectivity index (χ3v) is 8.07. The number of likely N-dealkylation sites (tertiary alicyclic amines) is 1. The number of aromatic nitrogens is 4. The molecule has 10 nitrogen and oxygen atoms in total. The van der Waals surface area contributed by atoms with E-state index in [1.165, 1.54) is 0 Å². The Labute approximate surface area is 226 Å². The molecule has 200 valence electrons. The minimum atomic E-state index is -0.233. The van der Waals surface area contributed by atoms with Crippen molar-refractivity contribution in [3.05, 3.63) is 72.4 Å². The van der Waals surface area contributed by atoms with E-state index in [1.54, 1.807) is 43.8 Å². The van der Waals surface area contributed by atoms with E-state index in [0.29, 0.717) is 36.1 Å². The third-order valence-electron chi connectivity index (χ3n) is 8.07. The van der Waals surface area contributed by atoms with Crippen molar-refractivity contribution >= 4 is 29.0 Å². The first-order valence-electron chi connectivity index (χ1n) is 13.2. The van der Waals surface area contributed by atoms with Gasteiger partial charge in [0.25, 0.3) is 5.91 Å². The Balaban J connectivity index is 1.23. The molecule has 1 aliphatic heterocycles. The summed E-state index contributed by atoms with van der Waals surface area (Å²) in [7, 11) is 1.62. The van der Waals surface area contributed by atoms with Crippen LogP contribution in [-0.4, -0.2) is 62.9 Å². The zero-order valence-electron chi connectivity index (χ0n) is 21.8. The fraction of sp³-hybridized carbons (Fsp3) is 0.345. The van der Waals surface area contributed by atoms with Crippen LogP contribution in [0.3, 0.4) is 0 Å². The number of rotatable bonds is 7. The topological polar surface area (TPSA) is 128 Å².